The van der Waals surface area contributed by atoms with Crippen LogP contribution in [0.2, 0.25) is 0 Å². The first-order valence-corrected chi connectivity index (χ1v) is 10.1. The van der Waals surface area contributed by atoms with Crippen LogP contribution in [0.5, 0.6) is 0 Å². The van der Waals surface area contributed by atoms with Crippen molar-refractivity contribution in [1.82, 2.24) is 15.0 Å². The lowest BCUT2D eigenvalue weighted by molar-refractivity contribution is -0.139. The van der Waals surface area contributed by atoms with Gasteiger partial charge in [-0.1, -0.05) is 48.3 Å². The molecule has 4 rings (SSSR count). The van der Waals surface area contributed by atoms with E-state index in [1.54, 1.807) is 0 Å². The summed E-state index contributed by atoms with van der Waals surface area (Å²) in [5.41, 5.74) is 1.11. The minimum atomic E-state index is -0.0570. The van der Waals surface area contributed by atoms with E-state index >= 15 is 0 Å². The Morgan fingerprint density at radius 3 is 2.67 bits per heavy atom. The number of likely N-dealkylation sites (tertiary alicyclic amines) is 1. The number of hydrogen-bond acceptors (Lipinski definition) is 5. The Bertz CT molecular complexity index is 740. The van der Waals surface area contributed by atoms with Gasteiger partial charge in [0.25, 0.3) is 5.89 Å². The van der Waals surface area contributed by atoms with Gasteiger partial charge in [0.1, 0.15) is 6.61 Å². The van der Waals surface area contributed by atoms with E-state index in [2.05, 4.69) is 10.1 Å². The van der Waals surface area contributed by atoms with Gasteiger partial charge in [-0.2, -0.15) is 4.98 Å². The van der Waals surface area contributed by atoms with Crippen LogP contribution in [0.1, 0.15) is 68.3 Å². The van der Waals surface area contributed by atoms with Crippen LogP contribution in [0.15, 0.2) is 34.9 Å². The van der Waals surface area contributed by atoms with Crippen molar-refractivity contribution < 1.29 is 14.1 Å². The first kappa shape index (κ1) is 18.2. The molecule has 27 heavy (non-hydrogen) atoms. The predicted molar refractivity (Wildman–Crippen MR) is 99.5 cm³/mol. The smallest absolute Gasteiger partial charge is 0.252 e. The summed E-state index contributed by atoms with van der Waals surface area (Å²) in [6.45, 7) is 1.59. The lowest BCUT2D eigenvalue weighted by Crippen LogP contribution is -2.41. The van der Waals surface area contributed by atoms with Crippen LogP contribution in [0, 0.1) is 5.92 Å². The third kappa shape index (κ3) is 4.38. The third-order valence-electron chi connectivity index (χ3n) is 5.61. The van der Waals surface area contributed by atoms with E-state index in [1.165, 1.54) is 12.8 Å². The van der Waals surface area contributed by atoms with E-state index in [4.69, 9.17) is 9.26 Å². The lowest BCUT2D eigenvalue weighted by atomic mass is 9.98. The molecule has 0 spiro atoms. The Balaban J connectivity index is 1.37. The number of carbonyl (C=O) groups is 1. The molecule has 1 saturated carbocycles. The second kappa shape index (κ2) is 8.65. The van der Waals surface area contributed by atoms with E-state index in [1.807, 2.05) is 35.2 Å². The molecule has 6 nitrogen and oxygen atoms in total. The molecule has 1 aromatic heterocycles. The number of amides is 1. The van der Waals surface area contributed by atoms with Crippen molar-refractivity contribution in [2.24, 2.45) is 5.92 Å². The van der Waals surface area contributed by atoms with E-state index in [0.29, 0.717) is 18.3 Å². The van der Waals surface area contributed by atoms with Gasteiger partial charge in [0.05, 0.1) is 12.6 Å². The van der Waals surface area contributed by atoms with E-state index < -0.39 is 0 Å². The van der Waals surface area contributed by atoms with Gasteiger partial charge in [-0.3, -0.25) is 4.79 Å². The molecule has 2 fully saturated rings. The summed E-state index contributed by atoms with van der Waals surface area (Å²) in [5, 5.41) is 4.16. The number of rotatable bonds is 6. The fourth-order valence-corrected chi connectivity index (χ4v) is 4.16. The lowest BCUT2D eigenvalue weighted by Gasteiger charge is -2.35. The highest BCUT2D eigenvalue weighted by molar-refractivity contribution is 5.79. The normalized spacial score (nSPS) is 20.9. The fourth-order valence-electron chi connectivity index (χ4n) is 4.16. The fraction of sp³-hybridized carbons (Fsp3) is 0.571. The molecule has 1 amide bonds. The Hall–Kier alpha value is -2.21. The molecule has 2 aromatic rings. The molecule has 1 atom stereocenters. The summed E-state index contributed by atoms with van der Waals surface area (Å²) in [7, 11) is 0. The maximum Gasteiger partial charge on any atom is 0.252 e. The van der Waals surface area contributed by atoms with Gasteiger partial charge in [-0.05, 0) is 37.7 Å². The second-order valence-corrected chi connectivity index (χ2v) is 7.55. The van der Waals surface area contributed by atoms with Crippen LogP contribution in [0.25, 0.3) is 0 Å². The molecule has 0 unspecified atom stereocenters. The molecule has 1 aliphatic carbocycles. The van der Waals surface area contributed by atoms with Gasteiger partial charge >= 0.3 is 0 Å². The first-order chi connectivity index (χ1) is 13.3. The van der Waals surface area contributed by atoms with Crippen molar-refractivity contribution in [1.29, 1.82) is 0 Å². The molecule has 1 saturated heterocycles. The molecular weight excluding hydrogens is 342 g/mol. The molecule has 144 valence electrons. The molecule has 0 radical (unpaired) electrons. The van der Waals surface area contributed by atoms with Gasteiger partial charge in [0, 0.05) is 12.5 Å². The van der Waals surface area contributed by atoms with Gasteiger partial charge in [-0.15, -0.1) is 0 Å². The number of carbonyl (C=O) groups excluding carboxylic acids is 1. The maximum absolute atomic E-state index is 12.9. The zero-order valence-corrected chi connectivity index (χ0v) is 15.7. The van der Waals surface area contributed by atoms with E-state index in [0.717, 1.165) is 44.2 Å². The molecule has 1 aliphatic heterocycles. The molecule has 0 N–H and O–H groups in total. The molecule has 2 aliphatic rings. The monoisotopic (exact) mass is 369 g/mol. The van der Waals surface area contributed by atoms with Gasteiger partial charge in [0.15, 0.2) is 5.82 Å². The zero-order chi connectivity index (χ0) is 18.5. The molecule has 1 aromatic carbocycles. The molecule has 6 heteroatoms. The van der Waals surface area contributed by atoms with Crippen molar-refractivity contribution in [3.05, 3.63) is 47.6 Å². The first-order valence-electron chi connectivity index (χ1n) is 10.1. The van der Waals surface area contributed by atoms with E-state index in [9.17, 15) is 4.79 Å². The second-order valence-electron chi connectivity index (χ2n) is 7.55. The number of ether oxygens (including phenoxy) is 1. The highest BCUT2D eigenvalue weighted by atomic mass is 16.5. The van der Waals surface area contributed by atoms with Gasteiger partial charge in [-0.25, -0.2) is 0 Å². The Morgan fingerprint density at radius 2 is 1.85 bits per heavy atom. The predicted octanol–water partition coefficient (Wildman–Crippen LogP) is 4.03. The Morgan fingerprint density at radius 1 is 1.07 bits per heavy atom. The van der Waals surface area contributed by atoms with Crippen LogP contribution in [0.3, 0.4) is 0 Å². The van der Waals surface area contributed by atoms with Crippen molar-refractivity contribution in [2.45, 2.75) is 64.2 Å². The number of aromatic nitrogens is 2. The standard InChI is InChI=1S/C21H27N3O3/c25-21(17-10-4-5-11-17)24-13-7-6-12-18(24)20-22-19(27-23-20)15-26-14-16-8-2-1-3-9-16/h1-3,8-9,17-18H,4-7,10-15H2/t18-/m0/s1. The quantitative estimate of drug-likeness (QED) is 0.769. The number of hydrogen-bond donors (Lipinski definition) is 0. The third-order valence-corrected chi connectivity index (χ3v) is 5.61. The molecule has 0 bridgehead atoms. The summed E-state index contributed by atoms with van der Waals surface area (Å²) in [5.74, 6) is 1.56. The summed E-state index contributed by atoms with van der Waals surface area (Å²) in [4.78, 5) is 19.5. The highest BCUT2D eigenvalue weighted by Gasteiger charge is 2.35. The minimum absolute atomic E-state index is 0.0570. The average Bonchev–Trinajstić information content (AvgIpc) is 3.41. The van der Waals surface area contributed by atoms with Crippen LogP contribution >= 0.6 is 0 Å². The Labute approximate surface area is 159 Å². The molecule has 2 heterocycles. The van der Waals surface area contributed by atoms with Crippen molar-refractivity contribution in [2.75, 3.05) is 6.54 Å². The number of nitrogens with zero attached hydrogens (tertiary/aromatic N) is 3. The van der Waals surface area contributed by atoms with E-state index in [-0.39, 0.29) is 24.5 Å². The van der Waals surface area contributed by atoms with Gasteiger partial charge in [0.2, 0.25) is 5.91 Å². The Kier molecular flexibility index (Phi) is 5.82. The average molecular weight is 369 g/mol. The van der Waals surface area contributed by atoms with Crippen molar-refractivity contribution in [3.8, 4) is 0 Å². The van der Waals surface area contributed by atoms with Crippen LogP contribution in [0.4, 0.5) is 0 Å². The van der Waals surface area contributed by atoms with Crippen molar-refractivity contribution >= 4 is 5.91 Å². The zero-order valence-electron chi connectivity index (χ0n) is 15.7. The van der Waals surface area contributed by atoms with Crippen LogP contribution in [-0.2, 0) is 22.7 Å². The summed E-state index contributed by atoms with van der Waals surface area (Å²) < 4.78 is 11.1. The van der Waals surface area contributed by atoms with Crippen molar-refractivity contribution in [3.63, 3.8) is 0 Å². The SMILES string of the molecule is O=C(C1CCCC1)N1CCCC[C@H]1c1noc(COCc2ccccc2)n1. The number of piperidine rings is 1. The summed E-state index contributed by atoms with van der Waals surface area (Å²) in [6.07, 6.45) is 7.43. The largest absolute Gasteiger partial charge is 0.367 e. The number of benzene rings is 1. The van der Waals surface area contributed by atoms with Crippen LogP contribution < -0.4 is 0 Å². The van der Waals surface area contributed by atoms with Gasteiger partial charge < -0.3 is 14.2 Å². The summed E-state index contributed by atoms with van der Waals surface area (Å²) >= 11 is 0. The minimum Gasteiger partial charge on any atom is -0.367 e. The maximum atomic E-state index is 12.9. The summed E-state index contributed by atoms with van der Waals surface area (Å²) in [6, 6.07) is 9.95. The van der Waals surface area contributed by atoms with Crippen LogP contribution in [-0.4, -0.2) is 27.5 Å². The topological polar surface area (TPSA) is 68.5 Å². The highest BCUT2D eigenvalue weighted by Crippen LogP contribution is 2.34. The molecular formula is C21H27N3O3.